The van der Waals surface area contributed by atoms with Crippen LogP contribution in [0.15, 0.2) is 85.2 Å². The molecule has 0 aliphatic rings. The predicted octanol–water partition coefficient (Wildman–Crippen LogP) is 6.96. The van der Waals surface area contributed by atoms with Crippen LogP contribution in [0, 0.1) is 5.82 Å². The monoisotopic (exact) mass is 513 g/mol. The van der Waals surface area contributed by atoms with E-state index in [2.05, 4.69) is 22.2 Å². The van der Waals surface area contributed by atoms with E-state index in [9.17, 15) is 14.3 Å². The zero-order chi connectivity index (χ0) is 25.8. The zero-order valence-electron chi connectivity index (χ0n) is 20.0. The number of nitrogens with zero attached hydrogens (tertiary/aromatic N) is 2. The molecule has 0 radical (unpaired) electrons. The maximum absolute atomic E-state index is 13.3. The SMILES string of the molecule is CCc1sc2ncnc(N[C@@H](Cc3ccccc3)C(=O)O)c2c1-c1cccc(Oc2ccc(F)cc2)c1. The van der Waals surface area contributed by atoms with Gasteiger partial charge < -0.3 is 15.2 Å². The molecule has 0 fully saturated rings. The molecule has 0 bridgehead atoms. The van der Waals surface area contributed by atoms with Gasteiger partial charge in [0.2, 0.25) is 0 Å². The number of thiophene rings is 1. The van der Waals surface area contributed by atoms with E-state index in [0.717, 1.165) is 38.2 Å². The molecule has 8 heteroatoms. The average molecular weight is 514 g/mol. The Morgan fingerprint density at radius 3 is 2.54 bits per heavy atom. The fourth-order valence-electron chi connectivity index (χ4n) is 4.21. The number of carboxylic acid groups (broad SMARTS) is 1. The van der Waals surface area contributed by atoms with Crippen molar-refractivity contribution in [2.24, 2.45) is 0 Å². The van der Waals surface area contributed by atoms with Gasteiger partial charge in [0.1, 0.15) is 40.3 Å². The van der Waals surface area contributed by atoms with Crippen LogP contribution in [0.25, 0.3) is 21.3 Å². The van der Waals surface area contributed by atoms with Crippen molar-refractivity contribution in [1.29, 1.82) is 0 Å². The first kappa shape index (κ1) is 24.4. The smallest absolute Gasteiger partial charge is 0.326 e. The lowest BCUT2D eigenvalue weighted by molar-refractivity contribution is -0.137. The summed E-state index contributed by atoms with van der Waals surface area (Å²) in [4.78, 5) is 23.0. The number of rotatable bonds is 9. The normalized spacial score (nSPS) is 11.8. The molecular formula is C29H24FN3O3S. The highest BCUT2D eigenvalue weighted by Crippen LogP contribution is 2.42. The van der Waals surface area contributed by atoms with Gasteiger partial charge >= 0.3 is 5.97 Å². The Balaban J connectivity index is 1.54. The summed E-state index contributed by atoms with van der Waals surface area (Å²) in [6.07, 6.45) is 2.54. The van der Waals surface area contributed by atoms with Gasteiger partial charge in [-0.15, -0.1) is 11.3 Å². The molecular weight excluding hydrogens is 489 g/mol. The first-order chi connectivity index (χ1) is 18.0. The molecule has 0 amide bonds. The summed E-state index contributed by atoms with van der Waals surface area (Å²) in [5.74, 6) is 0.317. The summed E-state index contributed by atoms with van der Waals surface area (Å²) in [5, 5.41) is 13.9. The lowest BCUT2D eigenvalue weighted by Crippen LogP contribution is -2.32. The van der Waals surface area contributed by atoms with E-state index in [1.165, 1.54) is 18.5 Å². The number of hydrogen-bond acceptors (Lipinski definition) is 6. The number of aryl methyl sites for hydroxylation is 1. The molecule has 5 rings (SSSR count). The second kappa shape index (κ2) is 10.8. The molecule has 0 aliphatic heterocycles. The Hall–Kier alpha value is -4.30. The third-order valence-corrected chi connectivity index (χ3v) is 7.19. The molecule has 0 spiro atoms. The van der Waals surface area contributed by atoms with Crippen molar-refractivity contribution in [3.05, 3.63) is 101 Å². The Morgan fingerprint density at radius 2 is 1.81 bits per heavy atom. The second-order valence-corrected chi connectivity index (χ2v) is 9.55. The number of nitrogens with one attached hydrogen (secondary N) is 1. The van der Waals surface area contributed by atoms with Gasteiger partial charge in [0.05, 0.1) is 5.39 Å². The second-order valence-electron chi connectivity index (χ2n) is 8.46. The summed E-state index contributed by atoms with van der Waals surface area (Å²) in [5.41, 5.74) is 2.76. The quantitative estimate of drug-likeness (QED) is 0.222. The lowest BCUT2D eigenvalue weighted by Gasteiger charge is -2.17. The van der Waals surface area contributed by atoms with Crippen LogP contribution < -0.4 is 10.1 Å². The number of fused-ring (bicyclic) bond motifs is 1. The van der Waals surface area contributed by atoms with E-state index in [1.54, 1.807) is 23.5 Å². The van der Waals surface area contributed by atoms with E-state index in [1.807, 2.05) is 54.6 Å². The van der Waals surface area contributed by atoms with Crippen molar-refractivity contribution in [3.8, 4) is 22.6 Å². The highest BCUT2D eigenvalue weighted by Gasteiger charge is 2.23. The molecule has 2 heterocycles. The number of aliphatic carboxylic acids is 1. The van der Waals surface area contributed by atoms with Gasteiger partial charge in [-0.1, -0.05) is 49.4 Å². The van der Waals surface area contributed by atoms with E-state index in [4.69, 9.17) is 4.74 Å². The number of hydrogen-bond donors (Lipinski definition) is 2. The number of ether oxygens (including phenoxy) is 1. The van der Waals surface area contributed by atoms with E-state index in [-0.39, 0.29) is 5.82 Å². The van der Waals surface area contributed by atoms with Gasteiger partial charge in [-0.2, -0.15) is 0 Å². The Bertz CT molecular complexity index is 1540. The largest absolute Gasteiger partial charge is 0.480 e. The molecule has 0 saturated heterocycles. The molecule has 6 nitrogen and oxygen atoms in total. The van der Waals surface area contributed by atoms with Crippen molar-refractivity contribution in [3.63, 3.8) is 0 Å². The minimum absolute atomic E-state index is 0.308. The summed E-state index contributed by atoms with van der Waals surface area (Å²) >= 11 is 1.56. The average Bonchev–Trinajstić information content (AvgIpc) is 3.30. The first-order valence-electron chi connectivity index (χ1n) is 11.9. The topological polar surface area (TPSA) is 84.3 Å². The Kier molecular flexibility index (Phi) is 7.09. The molecule has 0 unspecified atom stereocenters. The van der Waals surface area contributed by atoms with Crippen LogP contribution >= 0.6 is 11.3 Å². The van der Waals surface area contributed by atoms with Gasteiger partial charge in [0, 0.05) is 16.9 Å². The molecule has 0 saturated carbocycles. The van der Waals surface area contributed by atoms with E-state index in [0.29, 0.717) is 23.7 Å². The van der Waals surface area contributed by atoms with Crippen LogP contribution in [0.3, 0.4) is 0 Å². The van der Waals surface area contributed by atoms with Crippen molar-refractivity contribution in [1.82, 2.24) is 9.97 Å². The molecule has 186 valence electrons. The molecule has 2 aromatic heterocycles. The van der Waals surface area contributed by atoms with Gasteiger partial charge in [0.15, 0.2) is 0 Å². The van der Waals surface area contributed by atoms with Gasteiger partial charge in [0.25, 0.3) is 0 Å². The predicted molar refractivity (Wildman–Crippen MR) is 144 cm³/mol. The highest BCUT2D eigenvalue weighted by molar-refractivity contribution is 7.19. The number of carboxylic acids is 1. The Labute approximate surface area is 217 Å². The number of benzene rings is 3. The number of carbonyl (C=O) groups is 1. The summed E-state index contributed by atoms with van der Waals surface area (Å²) < 4.78 is 19.3. The number of anilines is 1. The third kappa shape index (κ3) is 5.44. The number of aromatic nitrogens is 2. The third-order valence-electron chi connectivity index (χ3n) is 5.95. The van der Waals surface area contributed by atoms with Crippen LogP contribution in [-0.2, 0) is 17.6 Å². The molecule has 1 atom stereocenters. The van der Waals surface area contributed by atoms with Crippen molar-refractivity contribution in [2.75, 3.05) is 5.32 Å². The molecule has 37 heavy (non-hydrogen) atoms. The Morgan fingerprint density at radius 1 is 1.03 bits per heavy atom. The fourth-order valence-corrected chi connectivity index (χ4v) is 5.31. The van der Waals surface area contributed by atoms with Crippen LogP contribution in [0.1, 0.15) is 17.4 Å². The molecule has 3 aromatic carbocycles. The maximum Gasteiger partial charge on any atom is 0.326 e. The van der Waals surface area contributed by atoms with Crippen LogP contribution in [0.5, 0.6) is 11.5 Å². The van der Waals surface area contributed by atoms with Gasteiger partial charge in [-0.05, 0) is 53.9 Å². The summed E-state index contributed by atoms with van der Waals surface area (Å²) in [6.45, 7) is 2.07. The van der Waals surface area contributed by atoms with Crippen LogP contribution in [0.2, 0.25) is 0 Å². The van der Waals surface area contributed by atoms with E-state index >= 15 is 0 Å². The first-order valence-corrected chi connectivity index (χ1v) is 12.7. The standard InChI is InChI=1S/C29H24FN3O3S/c1-2-24-25(19-9-6-10-22(16-19)36-21-13-11-20(30)12-14-21)26-27(31-17-32-28(26)37-24)33-23(29(34)35)15-18-7-4-3-5-8-18/h3-14,16-17,23H,2,15H2,1H3,(H,34,35)(H,31,32,33)/t23-/m0/s1. The minimum atomic E-state index is -0.960. The van der Waals surface area contributed by atoms with Crippen molar-refractivity contribution >= 4 is 33.3 Å². The van der Waals surface area contributed by atoms with Crippen molar-refractivity contribution in [2.45, 2.75) is 25.8 Å². The lowest BCUT2D eigenvalue weighted by atomic mass is 10.0. The number of halogens is 1. The molecule has 2 N–H and O–H groups in total. The highest BCUT2D eigenvalue weighted by atomic mass is 32.1. The summed E-state index contributed by atoms with van der Waals surface area (Å²) in [6, 6.07) is 22.1. The molecule has 0 aliphatic carbocycles. The fraction of sp³-hybridized carbons (Fsp3) is 0.138. The molecule has 5 aromatic rings. The summed E-state index contributed by atoms with van der Waals surface area (Å²) in [7, 11) is 0. The van der Waals surface area contributed by atoms with Crippen LogP contribution in [0.4, 0.5) is 10.2 Å². The van der Waals surface area contributed by atoms with Gasteiger partial charge in [-0.25, -0.2) is 19.2 Å². The van der Waals surface area contributed by atoms with E-state index < -0.39 is 12.0 Å². The van der Waals surface area contributed by atoms with Crippen LogP contribution in [-0.4, -0.2) is 27.1 Å². The minimum Gasteiger partial charge on any atom is -0.480 e. The maximum atomic E-state index is 13.3. The van der Waals surface area contributed by atoms with Gasteiger partial charge in [-0.3, -0.25) is 0 Å². The van der Waals surface area contributed by atoms with Crippen molar-refractivity contribution < 1.29 is 19.0 Å². The zero-order valence-corrected chi connectivity index (χ0v) is 20.8.